The van der Waals surface area contributed by atoms with Gasteiger partial charge in [0.25, 0.3) is 0 Å². The molecule has 0 aliphatic rings. The summed E-state index contributed by atoms with van der Waals surface area (Å²) in [5.41, 5.74) is 6.11. The van der Waals surface area contributed by atoms with Gasteiger partial charge in [-0.15, -0.1) is 0 Å². The summed E-state index contributed by atoms with van der Waals surface area (Å²) in [7, 11) is 0. The second-order valence-electron chi connectivity index (χ2n) is 5.93. The molecule has 0 saturated carbocycles. The van der Waals surface area contributed by atoms with E-state index in [-0.39, 0.29) is 12.1 Å². The molecular weight excluding hydrogens is 290 g/mol. The lowest BCUT2D eigenvalue weighted by Crippen LogP contribution is -2.49. The van der Waals surface area contributed by atoms with Crippen molar-refractivity contribution in [1.82, 2.24) is 5.32 Å². The molecule has 0 aliphatic carbocycles. The van der Waals surface area contributed by atoms with Crippen LogP contribution in [0, 0.1) is 0 Å². The molecule has 6 heteroatoms. The Morgan fingerprint density at radius 2 is 2.10 bits per heavy atom. The largest absolute Gasteiger partial charge is 0.444 e. The first-order valence-electron chi connectivity index (χ1n) is 6.93. The van der Waals surface area contributed by atoms with Crippen molar-refractivity contribution in [3.8, 4) is 0 Å². The second kappa shape index (κ2) is 7.52. The Labute approximate surface area is 131 Å². The number of carbonyl (C=O) groups is 1. The van der Waals surface area contributed by atoms with E-state index in [0.717, 1.165) is 5.69 Å². The molecule has 0 saturated heterocycles. The van der Waals surface area contributed by atoms with E-state index in [1.807, 2.05) is 45.9 Å². The minimum atomic E-state index is -0.525. The molecule has 0 aliphatic heterocycles. The highest BCUT2D eigenvalue weighted by Gasteiger charge is 2.22. The average Bonchev–Trinajstić information content (AvgIpc) is 2.33. The van der Waals surface area contributed by atoms with Crippen LogP contribution < -0.4 is 16.4 Å². The number of nitrogens with one attached hydrogen (secondary N) is 2. The van der Waals surface area contributed by atoms with E-state index >= 15 is 0 Å². The van der Waals surface area contributed by atoms with Crippen molar-refractivity contribution in [2.24, 2.45) is 5.73 Å². The van der Waals surface area contributed by atoms with E-state index in [1.54, 1.807) is 6.07 Å². The number of rotatable bonds is 5. The van der Waals surface area contributed by atoms with Gasteiger partial charge in [0.2, 0.25) is 0 Å². The van der Waals surface area contributed by atoms with Gasteiger partial charge in [-0.05, 0) is 45.9 Å². The van der Waals surface area contributed by atoms with Crippen LogP contribution in [0.3, 0.4) is 0 Å². The SMILES string of the molecule is CC(NC(=O)OC(C)(C)C)C(CN)Nc1cccc(Cl)c1. The van der Waals surface area contributed by atoms with E-state index in [0.29, 0.717) is 11.6 Å². The van der Waals surface area contributed by atoms with Gasteiger partial charge in [0.05, 0.1) is 12.1 Å². The van der Waals surface area contributed by atoms with E-state index in [1.165, 1.54) is 0 Å². The molecule has 2 atom stereocenters. The van der Waals surface area contributed by atoms with Gasteiger partial charge < -0.3 is 21.1 Å². The van der Waals surface area contributed by atoms with Gasteiger partial charge in [-0.2, -0.15) is 0 Å². The maximum Gasteiger partial charge on any atom is 0.407 e. The number of nitrogens with two attached hydrogens (primary N) is 1. The third-order valence-corrected chi connectivity index (χ3v) is 3.01. The maximum absolute atomic E-state index is 11.8. The summed E-state index contributed by atoms with van der Waals surface area (Å²) >= 11 is 5.95. The normalized spacial score (nSPS) is 14.2. The van der Waals surface area contributed by atoms with Crippen molar-refractivity contribution in [2.75, 3.05) is 11.9 Å². The zero-order chi connectivity index (χ0) is 16.0. The molecular formula is C15H24ClN3O2. The highest BCUT2D eigenvalue weighted by atomic mass is 35.5. The number of carbonyl (C=O) groups excluding carboxylic acids is 1. The molecule has 1 aromatic carbocycles. The molecule has 2 unspecified atom stereocenters. The van der Waals surface area contributed by atoms with Crippen LogP contribution in [-0.2, 0) is 4.74 Å². The smallest absolute Gasteiger partial charge is 0.407 e. The summed E-state index contributed by atoms with van der Waals surface area (Å²) in [4.78, 5) is 11.8. The number of alkyl carbamates (subject to hydrolysis) is 1. The Morgan fingerprint density at radius 3 is 2.62 bits per heavy atom. The molecule has 1 rings (SSSR count). The summed E-state index contributed by atoms with van der Waals surface area (Å²) in [6.07, 6.45) is -0.457. The molecule has 0 aromatic heterocycles. The first kappa shape index (κ1) is 17.6. The van der Waals surface area contributed by atoms with Gasteiger partial charge in [0.15, 0.2) is 0 Å². The number of ether oxygens (including phenoxy) is 1. The predicted molar refractivity (Wildman–Crippen MR) is 86.7 cm³/mol. The molecule has 118 valence electrons. The van der Waals surface area contributed by atoms with E-state index in [4.69, 9.17) is 22.1 Å². The number of benzene rings is 1. The molecule has 1 amide bonds. The van der Waals surface area contributed by atoms with Gasteiger partial charge in [0.1, 0.15) is 5.60 Å². The average molecular weight is 314 g/mol. The zero-order valence-electron chi connectivity index (χ0n) is 12.9. The molecule has 0 bridgehead atoms. The molecule has 5 nitrogen and oxygen atoms in total. The minimum Gasteiger partial charge on any atom is -0.444 e. The van der Waals surface area contributed by atoms with Crippen molar-refractivity contribution in [3.63, 3.8) is 0 Å². The van der Waals surface area contributed by atoms with Gasteiger partial charge in [0, 0.05) is 17.3 Å². The van der Waals surface area contributed by atoms with Crippen LogP contribution >= 0.6 is 11.6 Å². The van der Waals surface area contributed by atoms with Crippen LogP contribution in [0.2, 0.25) is 5.02 Å². The van der Waals surface area contributed by atoms with Crippen LogP contribution in [0.15, 0.2) is 24.3 Å². The van der Waals surface area contributed by atoms with Gasteiger partial charge in [-0.3, -0.25) is 0 Å². The summed E-state index contributed by atoms with van der Waals surface area (Å²) < 4.78 is 5.23. The lowest BCUT2D eigenvalue weighted by Gasteiger charge is -2.27. The second-order valence-corrected chi connectivity index (χ2v) is 6.37. The van der Waals surface area contributed by atoms with Crippen LogP contribution in [-0.4, -0.2) is 30.3 Å². The molecule has 0 fully saturated rings. The summed E-state index contributed by atoms with van der Waals surface area (Å²) in [5, 5.41) is 6.69. The van der Waals surface area contributed by atoms with Crippen LogP contribution in [0.4, 0.5) is 10.5 Å². The summed E-state index contributed by atoms with van der Waals surface area (Å²) in [6.45, 7) is 7.70. The number of hydrogen-bond donors (Lipinski definition) is 3. The Hall–Kier alpha value is -1.46. The lowest BCUT2D eigenvalue weighted by molar-refractivity contribution is 0.0504. The topological polar surface area (TPSA) is 76.4 Å². The number of hydrogen-bond acceptors (Lipinski definition) is 4. The summed E-state index contributed by atoms with van der Waals surface area (Å²) in [6, 6.07) is 7.04. The number of halogens is 1. The Kier molecular flexibility index (Phi) is 6.30. The summed E-state index contributed by atoms with van der Waals surface area (Å²) in [5.74, 6) is 0. The number of amides is 1. The zero-order valence-corrected chi connectivity index (χ0v) is 13.7. The first-order valence-corrected chi connectivity index (χ1v) is 7.31. The van der Waals surface area contributed by atoms with Crippen molar-refractivity contribution < 1.29 is 9.53 Å². The van der Waals surface area contributed by atoms with Crippen molar-refractivity contribution in [2.45, 2.75) is 45.4 Å². The van der Waals surface area contributed by atoms with Crippen LogP contribution in [0.5, 0.6) is 0 Å². The van der Waals surface area contributed by atoms with Gasteiger partial charge in [-0.25, -0.2) is 4.79 Å². The van der Waals surface area contributed by atoms with E-state index < -0.39 is 11.7 Å². The molecule has 21 heavy (non-hydrogen) atoms. The van der Waals surface area contributed by atoms with E-state index in [9.17, 15) is 4.79 Å². The fourth-order valence-corrected chi connectivity index (χ4v) is 1.96. The molecule has 1 aromatic rings. The highest BCUT2D eigenvalue weighted by Crippen LogP contribution is 2.16. The Morgan fingerprint density at radius 1 is 1.43 bits per heavy atom. The monoisotopic (exact) mass is 313 g/mol. The number of anilines is 1. The fraction of sp³-hybridized carbons (Fsp3) is 0.533. The van der Waals surface area contributed by atoms with Crippen molar-refractivity contribution in [3.05, 3.63) is 29.3 Å². The van der Waals surface area contributed by atoms with E-state index in [2.05, 4.69) is 10.6 Å². The quantitative estimate of drug-likeness (QED) is 0.781. The van der Waals surface area contributed by atoms with Crippen LogP contribution in [0.1, 0.15) is 27.7 Å². The Bertz CT molecular complexity index is 474. The van der Waals surface area contributed by atoms with Crippen molar-refractivity contribution >= 4 is 23.4 Å². The van der Waals surface area contributed by atoms with Crippen LogP contribution in [0.25, 0.3) is 0 Å². The van der Waals surface area contributed by atoms with Crippen molar-refractivity contribution in [1.29, 1.82) is 0 Å². The van der Waals surface area contributed by atoms with Gasteiger partial charge >= 0.3 is 6.09 Å². The molecule has 0 spiro atoms. The standard InChI is InChI=1S/C15H24ClN3O2/c1-10(18-14(20)21-15(2,3)4)13(9-17)19-12-7-5-6-11(16)8-12/h5-8,10,13,19H,9,17H2,1-4H3,(H,18,20). The Balaban J connectivity index is 2.61. The highest BCUT2D eigenvalue weighted by molar-refractivity contribution is 6.30. The minimum absolute atomic E-state index is 0.129. The third kappa shape index (κ3) is 6.69. The predicted octanol–water partition coefficient (Wildman–Crippen LogP) is 2.99. The first-order chi connectivity index (χ1) is 9.71. The molecule has 4 N–H and O–H groups in total. The molecule has 0 radical (unpaired) electrons. The third-order valence-electron chi connectivity index (χ3n) is 2.78. The maximum atomic E-state index is 11.8. The van der Waals surface area contributed by atoms with Gasteiger partial charge in [-0.1, -0.05) is 17.7 Å². The lowest BCUT2D eigenvalue weighted by atomic mass is 10.1. The fourth-order valence-electron chi connectivity index (χ4n) is 1.77. The molecule has 0 heterocycles.